The van der Waals surface area contributed by atoms with E-state index in [4.69, 9.17) is 0 Å². The Morgan fingerprint density at radius 1 is 1.06 bits per heavy atom. The highest BCUT2D eigenvalue weighted by molar-refractivity contribution is 7.99. The van der Waals surface area contributed by atoms with Crippen LogP contribution in [-0.4, -0.2) is 52.7 Å². The first-order chi connectivity index (χ1) is 17.3. The number of hydrogen-bond donors (Lipinski definition) is 2. The number of amides is 2. The fourth-order valence-electron chi connectivity index (χ4n) is 3.36. The number of nitrogens with zero attached hydrogens (tertiary/aromatic N) is 3. The van der Waals surface area contributed by atoms with Crippen LogP contribution in [0.25, 0.3) is 0 Å². The molecule has 3 aromatic rings. The Labute approximate surface area is 209 Å². The first kappa shape index (κ1) is 25.5. The molecule has 3 heterocycles. The zero-order chi connectivity index (χ0) is 25.5. The lowest BCUT2D eigenvalue weighted by Gasteiger charge is -2.30. The zero-order valence-corrected chi connectivity index (χ0v) is 19.7. The topological polar surface area (TPSA) is 96.5 Å². The van der Waals surface area contributed by atoms with E-state index in [0.717, 1.165) is 37.2 Å². The molecule has 2 aromatic heterocycles. The number of ether oxygens (including phenoxy) is 1. The van der Waals surface area contributed by atoms with Crippen molar-refractivity contribution < 1.29 is 27.5 Å². The molecule has 0 radical (unpaired) electrons. The highest BCUT2D eigenvalue weighted by Gasteiger charge is 2.31. The SMILES string of the molecule is O=C(CN1CCC1)NC(Sc1ncccc1C(=O)Nc1ccc(OC(F)(F)F)cc1)c1ccncc1. The molecule has 4 rings (SSSR count). The number of carbonyl (C=O) groups is 2. The molecule has 0 aliphatic carbocycles. The molecule has 1 unspecified atom stereocenters. The standard InChI is InChI=1S/C24H22F3N5O3S/c25-24(26,27)35-18-6-4-17(5-7-18)30-21(34)19-3-1-10-29-23(19)36-22(16-8-11-28-12-9-16)31-20(33)15-32-13-2-14-32/h1,3-12,22H,2,13-15H2,(H,30,34)(H,31,33). The number of aromatic nitrogens is 2. The molecule has 0 saturated carbocycles. The van der Waals surface area contributed by atoms with Crippen molar-refractivity contribution in [1.29, 1.82) is 0 Å². The van der Waals surface area contributed by atoms with Crippen LogP contribution in [0.5, 0.6) is 5.75 Å². The summed E-state index contributed by atoms with van der Waals surface area (Å²) in [6.45, 7) is 2.05. The van der Waals surface area contributed by atoms with Crippen LogP contribution in [0.4, 0.5) is 18.9 Å². The van der Waals surface area contributed by atoms with Gasteiger partial charge in [0, 0.05) is 24.3 Å². The molecule has 2 N–H and O–H groups in total. The van der Waals surface area contributed by atoms with Crippen LogP contribution in [0.15, 0.2) is 72.1 Å². The maximum atomic E-state index is 13.0. The number of pyridine rings is 2. The number of likely N-dealkylation sites (tertiary alicyclic amines) is 1. The van der Waals surface area contributed by atoms with Gasteiger partial charge in [0.1, 0.15) is 16.1 Å². The number of hydrogen-bond acceptors (Lipinski definition) is 7. The minimum Gasteiger partial charge on any atom is -0.406 e. The van der Waals surface area contributed by atoms with Crippen molar-refractivity contribution in [3.63, 3.8) is 0 Å². The van der Waals surface area contributed by atoms with E-state index in [-0.39, 0.29) is 23.7 Å². The van der Waals surface area contributed by atoms with Crippen LogP contribution in [0, 0.1) is 0 Å². The third-order valence-corrected chi connectivity index (χ3v) is 6.38. The number of anilines is 1. The highest BCUT2D eigenvalue weighted by Crippen LogP contribution is 2.34. The van der Waals surface area contributed by atoms with E-state index >= 15 is 0 Å². The average Bonchev–Trinajstić information content (AvgIpc) is 2.82. The van der Waals surface area contributed by atoms with E-state index in [1.807, 2.05) is 4.90 Å². The molecule has 188 valence electrons. The first-order valence-corrected chi connectivity index (χ1v) is 11.9. The minimum atomic E-state index is -4.80. The Balaban J connectivity index is 1.48. The second kappa shape index (κ2) is 11.4. The van der Waals surface area contributed by atoms with Gasteiger partial charge in [-0.25, -0.2) is 4.98 Å². The maximum absolute atomic E-state index is 13.0. The highest BCUT2D eigenvalue weighted by atomic mass is 32.2. The molecule has 1 saturated heterocycles. The van der Waals surface area contributed by atoms with Crippen molar-refractivity contribution in [2.45, 2.75) is 23.2 Å². The second-order valence-electron chi connectivity index (χ2n) is 7.86. The summed E-state index contributed by atoms with van der Waals surface area (Å²) in [6.07, 6.45) is 1.03. The number of thioether (sulfide) groups is 1. The molecule has 1 aromatic carbocycles. The summed E-state index contributed by atoms with van der Waals surface area (Å²) in [6, 6.07) is 11.5. The quantitative estimate of drug-likeness (QED) is 0.324. The van der Waals surface area contributed by atoms with E-state index in [1.165, 1.54) is 30.1 Å². The van der Waals surface area contributed by atoms with Gasteiger partial charge in [0.05, 0.1) is 12.1 Å². The minimum absolute atomic E-state index is 0.146. The van der Waals surface area contributed by atoms with Gasteiger partial charge in [-0.2, -0.15) is 0 Å². The number of nitrogens with one attached hydrogen (secondary N) is 2. The largest absolute Gasteiger partial charge is 0.573 e. The van der Waals surface area contributed by atoms with E-state index in [2.05, 4.69) is 25.3 Å². The van der Waals surface area contributed by atoms with Crippen molar-refractivity contribution >= 4 is 29.3 Å². The summed E-state index contributed by atoms with van der Waals surface area (Å²) in [7, 11) is 0. The Hall–Kier alpha value is -3.64. The second-order valence-corrected chi connectivity index (χ2v) is 8.95. The molecule has 2 amide bonds. The Morgan fingerprint density at radius 2 is 1.78 bits per heavy atom. The predicted molar refractivity (Wildman–Crippen MR) is 127 cm³/mol. The lowest BCUT2D eigenvalue weighted by atomic mass is 10.2. The van der Waals surface area contributed by atoms with Gasteiger partial charge >= 0.3 is 6.36 Å². The lowest BCUT2D eigenvalue weighted by Crippen LogP contribution is -2.44. The van der Waals surface area contributed by atoms with Gasteiger partial charge in [0.15, 0.2) is 0 Å². The fraction of sp³-hybridized carbons (Fsp3) is 0.250. The summed E-state index contributed by atoms with van der Waals surface area (Å²) in [5.41, 5.74) is 1.31. The molecular formula is C24H22F3N5O3S. The van der Waals surface area contributed by atoms with Gasteiger partial charge < -0.3 is 15.4 Å². The fourth-order valence-corrected chi connectivity index (χ4v) is 4.48. The maximum Gasteiger partial charge on any atom is 0.573 e. The van der Waals surface area contributed by atoms with Crippen LogP contribution in [-0.2, 0) is 4.79 Å². The van der Waals surface area contributed by atoms with E-state index < -0.39 is 23.4 Å². The number of carbonyl (C=O) groups excluding carboxylic acids is 2. The number of alkyl halides is 3. The summed E-state index contributed by atoms with van der Waals surface area (Å²) < 4.78 is 41.0. The zero-order valence-electron chi connectivity index (χ0n) is 18.9. The average molecular weight is 518 g/mol. The van der Waals surface area contributed by atoms with E-state index in [9.17, 15) is 22.8 Å². The molecule has 0 spiro atoms. The van der Waals surface area contributed by atoms with Crippen molar-refractivity contribution in [1.82, 2.24) is 20.2 Å². The third-order valence-electron chi connectivity index (χ3n) is 5.21. The van der Waals surface area contributed by atoms with Crippen LogP contribution in [0.2, 0.25) is 0 Å². The van der Waals surface area contributed by atoms with Gasteiger partial charge in [0.2, 0.25) is 5.91 Å². The number of rotatable bonds is 9. The smallest absolute Gasteiger partial charge is 0.406 e. The van der Waals surface area contributed by atoms with Crippen molar-refractivity contribution in [2.75, 3.05) is 25.0 Å². The normalized spacial score (nSPS) is 14.4. The molecule has 1 fully saturated rings. The van der Waals surface area contributed by atoms with Crippen LogP contribution in [0.1, 0.15) is 27.7 Å². The molecule has 1 aliphatic heterocycles. The van der Waals surface area contributed by atoms with Crippen LogP contribution < -0.4 is 15.4 Å². The molecule has 12 heteroatoms. The molecule has 36 heavy (non-hydrogen) atoms. The summed E-state index contributed by atoms with van der Waals surface area (Å²) in [5.74, 6) is -1.05. The summed E-state index contributed by atoms with van der Waals surface area (Å²) >= 11 is 1.20. The Morgan fingerprint density at radius 3 is 2.42 bits per heavy atom. The van der Waals surface area contributed by atoms with E-state index in [0.29, 0.717) is 5.03 Å². The van der Waals surface area contributed by atoms with Gasteiger partial charge in [-0.1, -0.05) is 11.8 Å². The number of halogens is 3. The summed E-state index contributed by atoms with van der Waals surface area (Å²) in [4.78, 5) is 36.0. The lowest BCUT2D eigenvalue weighted by molar-refractivity contribution is -0.274. The van der Waals surface area contributed by atoms with Crippen LogP contribution >= 0.6 is 11.8 Å². The summed E-state index contributed by atoms with van der Waals surface area (Å²) in [5, 5.41) is 5.50. The Kier molecular flexibility index (Phi) is 8.06. The Bertz CT molecular complexity index is 1190. The van der Waals surface area contributed by atoms with Gasteiger partial charge in [-0.05, 0) is 73.6 Å². The van der Waals surface area contributed by atoms with Crippen molar-refractivity contribution in [2.24, 2.45) is 0 Å². The predicted octanol–water partition coefficient (Wildman–Crippen LogP) is 4.24. The first-order valence-electron chi connectivity index (χ1n) is 11.0. The van der Waals surface area contributed by atoms with Crippen molar-refractivity contribution in [3.8, 4) is 5.75 Å². The number of benzene rings is 1. The van der Waals surface area contributed by atoms with Gasteiger partial charge in [-0.3, -0.25) is 19.5 Å². The van der Waals surface area contributed by atoms with Crippen molar-refractivity contribution in [3.05, 3.63) is 78.2 Å². The molecule has 0 bridgehead atoms. The molecule has 1 atom stereocenters. The molecule has 1 aliphatic rings. The van der Waals surface area contributed by atoms with Gasteiger partial charge in [-0.15, -0.1) is 13.2 Å². The molecular weight excluding hydrogens is 495 g/mol. The third kappa shape index (κ3) is 7.18. The van der Waals surface area contributed by atoms with Crippen LogP contribution in [0.3, 0.4) is 0 Å². The monoisotopic (exact) mass is 517 g/mol. The van der Waals surface area contributed by atoms with E-state index in [1.54, 1.807) is 36.7 Å². The molecule has 8 nitrogen and oxygen atoms in total. The van der Waals surface area contributed by atoms with Gasteiger partial charge in [0.25, 0.3) is 5.91 Å².